The third kappa shape index (κ3) is 5.71. The molecule has 2 fully saturated rings. The summed E-state index contributed by atoms with van der Waals surface area (Å²) in [6.45, 7) is 8.49. The lowest BCUT2D eigenvalue weighted by atomic mass is 9.87. The predicted molar refractivity (Wildman–Crippen MR) is 176 cm³/mol. The van der Waals surface area contributed by atoms with Crippen molar-refractivity contribution in [3.8, 4) is 11.5 Å². The van der Waals surface area contributed by atoms with Gasteiger partial charge in [0.05, 0.1) is 37.8 Å². The maximum Gasteiger partial charge on any atom is 0.411 e. The number of methoxy groups -OCH3 is 2. The summed E-state index contributed by atoms with van der Waals surface area (Å²) in [5.41, 5.74) is 1.10. The van der Waals surface area contributed by atoms with E-state index in [4.69, 9.17) is 23.7 Å². The molecule has 11 heteroatoms. The molecule has 0 saturated carbocycles. The van der Waals surface area contributed by atoms with Gasteiger partial charge < -0.3 is 28.6 Å². The lowest BCUT2D eigenvalue weighted by Crippen LogP contribution is -2.60. The van der Waals surface area contributed by atoms with Gasteiger partial charge in [-0.1, -0.05) is 36.4 Å². The van der Waals surface area contributed by atoms with Gasteiger partial charge in [0.25, 0.3) is 0 Å². The number of carbonyl (C=O) groups excluding carboxylic acids is 4. The third-order valence-corrected chi connectivity index (χ3v) is 8.82. The van der Waals surface area contributed by atoms with E-state index < -0.39 is 59.7 Å². The number of rotatable bonds is 7. The topological polar surface area (TPSA) is 121 Å². The van der Waals surface area contributed by atoms with Crippen molar-refractivity contribution in [3.63, 3.8) is 0 Å². The van der Waals surface area contributed by atoms with Crippen molar-refractivity contribution in [2.45, 2.75) is 70.9 Å². The van der Waals surface area contributed by atoms with E-state index >= 15 is 0 Å². The van der Waals surface area contributed by atoms with Gasteiger partial charge in [-0.2, -0.15) is 0 Å². The Morgan fingerprint density at radius 3 is 2.31 bits per heavy atom. The van der Waals surface area contributed by atoms with Crippen molar-refractivity contribution in [1.29, 1.82) is 0 Å². The molecule has 48 heavy (non-hydrogen) atoms. The van der Waals surface area contributed by atoms with Crippen LogP contribution in [0, 0.1) is 5.92 Å². The third-order valence-electron chi connectivity index (χ3n) is 8.82. The second-order valence-corrected chi connectivity index (χ2v) is 13.4. The predicted octanol–water partition coefficient (Wildman–Crippen LogP) is 5.90. The van der Waals surface area contributed by atoms with Gasteiger partial charge in [-0.05, 0) is 76.1 Å². The Bertz CT molecular complexity index is 1820. The molecule has 2 amide bonds. The van der Waals surface area contributed by atoms with Gasteiger partial charge in [0.1, 0.15) is 35.8 Å². The van der Waals surface area contributed by atoms with E-state index in [2.05, 4.69) is 0 Å². The Labute approximate surface area is 279 Å². The Hall–Kier alpha value is -5.06. The Kier molecular flexibility index (Phi) is 8.57. The van der Waals surface area contributed by atoms with E-state index in [1.807, 2.05) is 30.3 Å². The van der Waals surface area contributed by atoms with Crippen LogP contribution < -0.4 is 9.47 Å². The van der Waals surface area contributed by atoms with E-state index in [-0.39, 0.29) is 13.0 Å². The van der Waals surface area contributed by atoms with E-state index in [0.29, 0.717) is 33.9 Å². The number of esters is 2. The number of hydrogen-bond donors (Lipinski definition) is 0. The van der Waals surface area contributed by atoms with Crippen molar-refractivity contribution in [2.75, 3.05) is 20.8 Å². The van der Waals surface area contributed by atoms with Crippen LogP contribution in [0.4, 0.5) is 4.79 Å². The number of benzene rings is 3. The second kappa shape index (κ2) is 12.5. The number of carbonyl (C=O) groups is 4. The first-order chi connectivity index (χ1) is 22.8. The normalized spacial score (nSPS) is 21.3. The standard InChI is InChI=1S/C37H40N2O9/c1-20(2)47-36(43)39-27-18-25(35(42)48-37(3,4)5)32(39)26-17-24-29(44-6)15-16-30(45-7)31(24)28(38(26)33(27)40)19-46-34(41)23-14-10-12-21-11-8-9-13-22(21)23/h8-17,20,25,27-28,32H,18-19H2,1-7H3/t25-,27+,28+,32-/m1/s1. The minimum absolute atomic E-state index is 0.0343. The number of ether oxygens (including phenoxy) is 5. The van der Waals surface area contributed by atoms with Crippen molar-refractivity contribution >= 4 is 40.8 Å². The molecule has 11 nitrogen and oxygen atoms in total. The van der Waals surface area contributed by atoms with Crippen LogP contribution in [0.2, 0.25) is 0 Å². The first kappa shape index (κ1) is 32.9. The summed E-state index contributed by atoms with van der Waals surface area (Å²) >= 11 is 0. The summed E-state index contributed by atoms with van der Waals surface area (Å²) in [7, 11) is 3.04. The molecule has 0 aliphatic carbocycles. The van der Waals surface area contributed by atoms with Crippen LogP contribution in [0.1, 0.15) is 68.6 Å². The zero-order chi connectivity index (χ0) is 34.5. The SMILES string of the molecule is COc1ccc(OC)c2c1C=C1[C@H]3[C@H](C(=O)OC(C)(C)C)C[C@@H](C(=O)N1[C@H]2COC(=O)c1cccc2ccccc12)N3C(=O)OC(C)C. The quantitative estimate of drug-likeness (QED) is 0.226. The molecule has 3 aromatic carbocycles. The number of hydrogen-bond acceptors (Lipinski definition) is 9. The van der Waals surface area contributed by atoms with Gasteiger partial charge in [-0.3, -0.25) is 14.5 Å². The molecule has 0 aromatic heterocycles. The van der Waals surface area contributed by atoms with Crippen LogP contribution >= 0.6 is 0 Å². The average Bonchev–Trinajstić information content (AvgIpc) is 3.40. The van der Waals surface area contributed by atoms with Gasteiger partial charge in [0, 0.05) is 16.8 Å². The molecule has 0 radical (unpaired) electrons. The largest absolute Gasteiger partial charge is 0.496 e. The smallest absolute Gasteiger partial charge is 0.411 e. The highest BCUT2D eigenvalue weighted by Gasteiger charge is 2.61. The molecule has 0 N–H and O–H groups in total. The molecular formula is C37H40N2O9. The van der Waals surface area contributed by atoms with Crippen LogP contribution in [0.15, 0.2) is 60.3 Å². The van der Waals surface area contributed by atoms with Crippen LogP contribution in [0.25, 0.3) is 16.8 Å². The molecule has 4 atom stereocenters. The van der Waals surface area contributed by atoms with Crippen molar-refractivity contribution in [3.05, 3.63) is 77.0 Å². The van der Waals surface area contributed by atoms with Crippen molar-refractivity contribution in [2.24, 2.45) is 5.92 Å². The molecular weight excluding hydrogens is 616 g/mol. The van der Waals surface area contributed by atoms with Gasteiger partial charge in [-0.25, -0.2) is 9.59 Å². The van der Waals surface area contributed by atoms with Crippen LogP contribution in [-0.4, -0.2) is 78.4 Å². The zero-order valence-electron chi connectivity index (χ0n) is 28.1. The highest BCUT2D eigenvalue weighted by molar-refractivity contribution is 6.04. The van der Waals surface area contributed by atoms with E-state index in [1.165, 1.54) is 19.1 Å². The minimum Gasteiger partial charge on any atom is -0.496 e. The molecule has 3 heterocycles. The highest BCUT2D eigenvalue weighted by Crippen LogP contribution is 2.52. The summed E-state index contributed by atoms with van der Waals surface area (Å²) in [6, 6.07) is 13.6. The first-order valence-corrected chi connectivity index (χ1v) is 16.0. The number of nitrogens with zero attached hydrogens (tertiary/aromatic N) is 2. The Morgan fingerprint density at radius 1 is 0.938 bits per heavy atom. The number of amides is 2. The fourth-order valence-corrected chi connectivity index (χ4v) is 6.98. The zero-order valence-corrected chi connectivity index (χ0v) is 28.1. The molecule has 0 spiro atoms. The summed E-state index contributed by atoms with van der Waals surface area (Å²) in [5, 5.41) is 1.62. The van der Waals surface area contributed by atoms with E-state index in [0.717, 1.165) is 10.8 Å². The van der Waals surface area contributed by atoms with Crippen LogP contribution in [-0.2, 0) is 23.8 Å². The monoisotopic (exact) mass is 656 g/mol. The van der Waals surface area contributed by atoms with Gasteiger partial charge in [0.15, 0.2) is 0 Å². The minimum atomic E-state index is -1.02. The summed E-state index contributed by atoms with van der Waals surface area (Å²) in [4.78, 5) is 58.5. The number of fused-ring (bicyclic) bond motifs is 6. The van der Waals surface area contributed by atoms with E-state index in [1.54, 1.807) is 69.9 Å². The lowest BCUT2D eigenvalue weighted by molar-refractivity contribution is -0.160. The number of piperazine rings is 1. The fourth-order valence-electron chi connectivity index (χ4n) is 6.98. The average molecular weight is 657 g/mol. The van der Waals surface area contributed by atoms with Gasteiger partial charge in [-0.15, -0.1) is 0 Å². The molecule has 0 unspecified atom stereocenters. The van der Waals surface area contributed by atoms with Gasteiger partial charge >= 0.3 is 18.0 Å². The summed E-state index contributed by atoms with van der Waals surface area (Å²) < 4.78 is 28.9. The Morgan fingerprint density at radius 2 is 1.62 bits per heavy atom. The molecule has 3 aliphatic heterocycles. The summed E-state index contributed by atoms with van der Waals surface area (Å²) in [6.07, 6.45) is 0.614. The highest BCUT2D eigenvalue weighted by atomic mass is 16.6. The van der Waals surface area contributed by atoms with Gasteiger partial charge in [0.2, 0.25) is 5.91 Å². The molecule has 2 bridgehead atoms. The first-order valence-electron chi connectivity index (χ1n) is 16.0. The lowest BCUT2D eigenvalue weighted by Gasteiger charge is -2.47. The molecule has 3 aliphatic rings. The Balaban J connectivity index is 1.47. The molecule has 252 valence electrons. The molecule has 6 rings (SSSR count). The molecule has 2 saturated heterocycles. The van der Waals surface area contributed by atoms with E-state index in [9.17, 15) is 19.2 Å². The second-order valence-electron chi connectivity index (χ2n) is 13.4. The van der Waals surface area contributed by atoms with Crippen LogP contribution in [0.3, 0.4) is 0 Å². The summed E-state index contributed by atoms with van der Waals surface area (Å²) in [5.74, 6) is -1.47. The maximum absolute atomic E-state index is 14.6. The van der Waals surface area contributed by atoms with Crippen molar-refractivity contribution < 1.29 is 42.9 Å². The van der Waals surface area contributed by atoms with Crippen molar-refractivity contribution in [1.82, 2.24) is 9.80 Å². The fraction of sp³-hybridized carbons (Fsp3) is 0.405. The van der Waals surface area contributed by atoms with Crippen LogP contribution in [0.5, 0.6) is 11.5 Å². The molecule has 3 aromatic rings. The maximum atomic E-state index is 14.6.